The fourth-order valence-electron chi connectivity index (χ4n) is 1.13. The Balaban J connectivity index is 2.45. The van der Waals surface area contributed by atoms with Crippen molar-refractivity contribution in [1.82, 2.24) is 10.9 Å². The number of benzene rings is 1. The van der Waals surface area contributed by atoms with Gasteiger partial charge < -0.3 is 10.1 Å². The van der Waals surface area contributed by atoms with E-state index >= 15 is 0 Å². The van der Waals surface area contributed by atoms with E-state index in [2.05, 4.69) is 10.7 Å². The van der Waals surface area contributed by atoms with Crippen LogP contribution in [0.15, 0.2) is 24.3 Å². The van der Waals surface area contributed by atoms with Crippen LogP contribution < -0.4 is 20.9 Å². The third-order valence-electron chi connectivity index (χ3n) is 1.85. The van der Waals surface area contributed by atoms with E-state index in [0.717, 1.165) is 0 Å². The van der Waals surface area contributed by atoms with E-state index in [1.165, 1.54) is 7.11 Å². The van der Waals surface area contributed by atoms with Crippen molar-refractivity contribution in [2.45, 2.75) is 6.18 Å². The molecule has 0 atom stereocenters. The molecule has 0 amide bonds. The second-order valence-corrected chi connectivity index (χ2v) is 3.66. The zero-order valence-corrected chi connectivity index (χ0v) is 10.3. The maximum Gasteiger partial charge on any atom is 0.402 e. The van der Waals surface area contributed by atoms with Gasteiger partial charge >= 0.3 is 6.18 Å². The lowest BCUT2D eigenvalue weighted by Gasteiger charge is -2.14. The number of hydrogen-bond donors (Lipinski definition) is 3. The Labute approximate surface area is 107 Å². The van der Waals surface area contributed by atoms with Gasteiger partial charge in [0.15, 0.2) is 5.11 Å². The van der Waals surface area contributed by atoms with Gasteiger partial charge in [0.05, 0.1) is 12.8 Å². The van der Waals surface area contributed by atoms with Gasteiger partial charge in [0, 0.05) is 0 Å². The SMILES string of the molecule is COc1ccccc1NC(=S)NNCC(F)(F)F. The average molecular weight is 279 g/mol. The molecule has 4 nitrogen and oxygen atoms in total. The van der Waals surface area contributed by atoms with Gasteiger partial charge in [-0.25, -0.2) is 5.43 Å². The minimum Gasteiger partial charge on any atom is -0.495 e. The standard InChI is InChI=1S/C10H12F3N3OS/c1-17-8-5-3-2-4-7(8)15-9(18)16-14-6-10(11,12)13/h2-5,14H,6H2,1H3,(H2,15,16,18). The number of hydrazine groups is 1. The number of para-hydroxylation sites is 2. The van der Waals surface area contributed by atoms with Crippen molar-refractivity contribution in [3.63, 3.8) is 0 Å². The van der Waals surface area contributed by atoms with E-state index in [0.29, 0.717) is 11.4 Å². The molecule has 1 rings (SSSR count). The van der Waals surface area contributed by atoms with Gasteiger partial charge in [0.2, 0.25) is 0 Å². The summed E-state index contributed by atoms with van der Waals surface area (Å²) in [5, 5.41) is 2.73. The lowest BCUT2D eigenvalue weighted by atomic mass is 10.3. The van der Waals surface area contributed by atoms with Crippen LogP contribution in [0.3, 0.4) is 0 Å². The van der Waals surface area contributed by atoms with Crippen molar-refractivity contribution in [1.29, 1.82) is 0 Å². The van der Waals surface area contributed by atoms with E-state index in [9.17, 15) is 13.2 Å². The van der Waals surface area contributed by atoms with Crippen LogP contribution in [0.4, 0.5) is 18.9 Å². The van der Waals surface area contributed by atoms with Crippen LogP contribution >= 0.6 is 12.2 Å². The van der Waals surface area contributed by atoms with Gasteiger partial charge in [-0.15, -0.1) is 0 Å². The number of alkyl halides is 3. The quantitative estimate of drug-likeness (QED) is 0.581. The molecule has 1 aromatic carbocycles. The maximum atomic E-state index is 11.9. The first-order valence-electron chi connectivity index (χ1n) is 4.92. The predicted octanol–water partition coefficient (Wildman–Crippen LogP) is 2.05. The van der Waals surface area contributed by atoms with Gasteiger partial charge in [-0.3, -0.25) is 5.43 Å². The van der Waals surface area contributed by atoms with Crippen LogP contribution in [-0.2, 0) is 0 Å². The average Bonchev–Trinajstić information content (AvgIpc) is 2.28. The fraction of sp³-hybridized carbons (Fsp3) is 0.300. The number of rotatable bonds is 4. The Morgan fingerprint density at radius 2 is 2.00 bits per heavy atom. The van der Waals surface area contributed by atoms with Gasteiger partial charge in [-0.1, -0.05) is 12.1 Å². The molecule has 0 bridgehead atoms. The third kappa shape index (κ3) is 5.19. The molecule has 100 valence electrons. The normalized spacial score (nSPS) is 10.9. The highest BCUT2D eigenvalue weighted by Gasteiger charge is 2.26. The summed E-state index contributed by atoms with van der Waals surface area (Å²) in [6.07, 6.45) is -4.30. The summed E-state index contributed by atoms with van der Waals surface area (Å²) >= 11 is 4.82. The lowest BCUT2D eigenvalue weighted by molar-refractivity contribution is -0.125. The molecule has 0 radical (unpaired) electrons. The Kier molecular flexibility index (Phi) is 5.17. The lowest BCUT2D eigenvalue weighted by Crippen LogP contribution is -2.44. The Morgan fingerprint density at radius 3 is 2.61 bits per heavy atom. The number of nitrogens with one attached hydrogen (secondary N) is 3. The number of anilines is 1. The topological polar surface area (TPSA) is 45.3 Å². The molecule has 3 N–H and O–H groups in total. The number of halogens is 3. The molecule has 0 saturated heterocycles. The maximum absolute atomic E-state index is 11.9. The first kappa shape index (κ1) is 14.5. The van der Waals surface area contributed by atoms with Crippen LogP contribution in [0.25, 0.3) is 0 Å². The molecule has 0 saturated carbocycles. The van der Waals surface area contributed by atoms with Gasteiger partial charge in [-0.2, -0.15) is 13.2 Å². The highest BCUT2D eigenvalue weighted by molar-refractivity contribution is 7.80. The molecule has 0 aliphatic heterocycles. The largest absolute Gasteiger partial charge is 0.495 e. The summed E-state index contributed by atoms with van der Waals surface area (Å²) in [4.78, 5) is 0. The monoisotopic (exact) mass is 279 g/mol. The minimum absolute atomic E-state index is 0.0174. The zero-order valence-electron chi connectivity index (χ0n) is 9.47. The van der Waals surface area contributed by atoms with Gasteiger partial charge in [0.25, 0.3) is 0 Å². The highest BCUT2D eigenvalue weighted by Crippen LogP contribution is 2.22. The van der Waals surface area contributed by atoms with Crippen LogP contribution in [0.2, 0.25) is 0 Å². The summed E-state index contributed by atoms with van der Waals surface area (Å²) < 4.78 is 40.7. The summed E-state index contributed by atoms with van der Waals surface area (Å²) in [6, 6.07) is 6.91. The van der Waals surface area contributed by atoms with Crippen molar-refractivity contribution in [2.24, 2.45) is 0 Å². The molecule has 0 unspecified atom stereocenters. The first-order chi connectivity index (χ1) is 8.42. The number of thiocarbonyl (C=S) groups is 1. The molecule has 0 aliphatic carbocycles. The molecular weight excluding hydrogens is 267 g/mol. The molecule has 0 aliphatic rings. The van der Waals surface area contributed by atoms with Crippen molar-refractivity contribution >= 4 is 23.0 Å². The smallest absolute Gasteiger partial charge is 0.402 e. The minimum atomic E-state index is -4.30. The number of methoxy groups -OCH3 is 1. The van der Waals surface area contributed by atoms with Crippen molar-refractivity contribution in [2.75, 3.05) is 19.0 Å². The first-order valence-corrected chi connectivity index (χ1v) is 5.33. The molecule has 1 aromatic rings. The zero-order chi connectivity index (χ0) is 13.6. The molecule has 8 heteroatoms. The molecule has 0 aromatic heterocycles. The van der Waals surface area contributed by atoms with Crippen molar-refractivity contribution in [3.05, 3.63) is 24.3 Å². The summed E-state index contributed by atoms with van der Waals surface area (Å²) in [5.74, 6) is 0.539. The summed E-state index contributed by atoms with van der Waals surface area (Å²) in [7, 11) is 1.49. The third-order valence-corrected chi connectivity index (χ3v) is 2.05. The van der Waals surface area contributed by atoms with Crippen LogP contribution in [0.5, 0.6) is 5.75 Å². The second-order valence-electron chi connectivity index (χ2n) is 3.25. The van der Waals surface area contributed by atoms with Crippen molar-refractivity contribution < 1.29 is 17.9 Å². The Bertz CT molecular complexity index is 412. The fourth-order valence-corrected chi connectivity index (χ4v) is 1.31. The Hall–Kier alpha value is -1.54. The van der Waals surface area contributed by atoms with E-state index in [4.69, 9.17) is 17.0 Å². The Morgan fingerprint density at radius 1 is 1.33 bits per heavy atom. The van der Waals surface area contributed by atoms with E-state index in [-0.39, 0.29) is 5.11 Å². The van der Waals surface area contributed by atoms with E-state index in [1.54, 1.807) is 24.3 Å². The molecule has 0 heterocycles. The number of hydrogen-bond acceptors (Lipinski definition) is 3. The second kappa shape index (κ2) is 6.41. The van der Waals surface area contributed by atoms with Crippen LogP contribution in [0.1, 0.15) is 0 Å². The molecule has 18 heavy (non-hydrogen) atoms. The van der Waals surface area contributed by atoms with E-state index < -0.39 is 12.7 Å². The van der Waals surface area contributed by atoms with Gasteiger partial charge in [-0.05, 0) is 24.4 Å². The summed E-state index contributed by atoms with van der Waals surface area (Å²) in [5.41, 5.74) is 4.76. The molecular formula is C10H12F3N3OS. The van der Waals surface area contributed by atoms with Crippen LogP contribution in [0, 0.1) is 0 Å². The summed E-state index contributed by atoms with van der Waals surface area (Å²) in [6.45, 7) is -1.18. The molecule has 0 fully saturated rings. The number of ether oxygens (including phenoxy) is 1. The molecule has 0 spiro atoms. The van der Waals surface area contributed by atoms with Crippen molar-refractivity contribution in [3.8, 4) is 5.75 Å². The van der Waals surface area contributed by atoms with E-state index in [1.807, 2.05) is 5.43 Å². The highest BCUT2D eigenvalue weighted by atomic mass is 32.1. The predicted molar refractivity (Wildman–Crippen MR) is 66.4 cm³/mol. The van der Waals surface area contributed by atoms with Crippen LogP contribution in [-0.4, -0.2) is 24.9 Å². The van der Waals surface area contributed by atoms with Gasteiger partial charge in [0.1, 0.15) is 12.3 Å².